The predicted octanol–water partition coefficient (Wildman–Crippen LogP) is 14.0. The molecule has 2 rings (SSSR count). The topological polar surface area (TPSA) is 251 Å². The minimum atomic E-state index is -1.66. The van der Waals surface area contributed by atoms with Gasteiger partial charge in [0.15, 0.2) is 12.4 Å². The van der Waals surface area contributed by atoms with Crippen LogP contribution < -0.4 is 10.6 Å². The van der Waals surface area contributed by atoms with Crippen molar-refractivity contribution in [2.45, 2.75) is 397 Å². The Bertz CT molecular complexity index is 1690. The number of nitrogens with one attached hydrogen (secondary N) is 2. The zero-order chi connectivity index (χ0) is 62.7. The van der Waals surface area contributed by atoms with Crippen LogP contribution in [0.5, 0.6) is 0 Å². The predicted molar refractivity (Wildman–Crippen MR) is 343 cm³/mol. The third kappa shape index (κ3) is 41.6. The second-order valence-electron chi connectivity index (χ2n) is 25.8. The molecular weight excluding hydrogens is 1090 g/mol. The Morgan fingerprint density at radius 3 is 1.36 bits per heavy atom. The maximum Gasteiger partial charge on any atom is 0.355 e. The largest absolute Gasteiger partial charge is 0.462 e. The van der Waals surface area contributed by atoms with Crippen LogP contribution >= 0.6 is 0 Å². The van der Waals surface area contributed by atoms with Crippen LogP contribution in [0.1, 0.15) is 335 Å². The van der Waals surface area contributed by atoms with Crippen LogP contribution in [0.4, 0.5) is 0 Å². The summed E-state index contributed by atoms with van der Waals surface area (Å²) in [7, 11) is 0. The summed E-state index contributed by atoms with van der Waals surface area (Å²) in [5, 5.41) is 68.1. The van der Waals surface area contributed by atoms with Gasteiger partial charge in [0.05, 0.1) is 38.3 Å². The number of aliphatic hydroxyl groups is 6. The summed E-state index contributed by atoms with van der Waals surface area (Å²) in [6.45, 7) is 5.13. The first-order chi connectivity index (χ1) is 41.8. The Balaban J connectivity index is 1.79. The first-order valence-electron chi connectivity index (χ1n) is 35.8. The van der Waals surface area contributed by atoms with Crippen molar-refractivity contribution in [2.24, 2.45) is 0 Å². The molecule has 2 amide bonds. The van der Waals surface area contributed by atoms with Crippen molar-refractivity contribution in [1.29, 1.82) is 0 Å². The maximum atomic E-state index is 13.8. The highest BCUT2D eigenvalue weighted by atomic mass is 16.7. The van der Waals surface area contributed by atoms with E-state index in [2.05, 4.69) is 24.5 Å². The fourth-order valence-electron chi connectivity index (χ4n) is 12.0. The summed E-state index contributed by atoms with van der Waals surface area (Å²) in [4.78, 5) is 52.9. The van der Waals surface area contributed by atoms with E-state index < -0.39 is 86.1 Å². The molecule has 504 valence electrons. The number of esters is 2. The molecule has 0 saturated carbocycles. The van der Waals surface area contributed by atoms with Crippen molar-refractivity contribution in [1.82, 2.24) is 10.6 Å². The Morgan fingerprint density at radius 1 is 0.523 bits per heavy atom. The minimum absolute atomic E-state index is 0.152. The van der Waals surface area contributed by atoms with Gasteiger partial charge in [0.1, 0.15) is 42.3 Å². The van der Waals surface area contributed by atoms with E-state index >= 15 is 0 Å². The van der Waals surface area contributed by atoms with Crippen molar-refractivity contribution in [3.8, 4) is 0 Å². The van der Waals surface area contributed by atoms with E-state index in [0.29, 0.717) is 19.3 Å². The van der Waals surface area contributed by atoms with Gasteiger partial charge in [-0.2, -0.15) is 0 Å². The molecule has 8 N–H and O–H groups in total. The third-order valence-corrected chi connectivity index (χ3v) is 17.5. The number of ether oxygens (including phenoxy) is 4. The summed E-state index contributed by atoms with van der Waals surface area (Å²) in [6, 6.07) is -1.37. The van der Waals surface area contributed by atoms with Gasteiger partial charge in [0, 0.05) is 6.42 Å². The van der Waals surface area contributed by atoms with E-state index in [1.807, 2.05) is 6.92 Å². The van der Waals surface area contributed by atoms with Gasteiger partial charge in [-0.3, -0.25) is 14.4 Å². The Hall–Kier alpha value is -2.70. The van der Waals surface area contributed by atoms with Crippen LogP contribution in [0.15, 0.2) is 11.8 Å². The summed E-state index contributed by atoms with van der Waals surface area (Å²) < 4.78 is 23.1. The van der Waals surface area contributed by atoms with E-state index in [1.54, 1.807) is 0 Å². The van der Waals surface area contributed by atoms with Gasteiger partial charge in [0.25, 0.3) is 0 Å². The highest BCUT2D eigenvalue weighted by Crippen LogP contribution is 2.26. The van der Waals surface area contributed by atoms with E-state index in [0.717, 1.165) is 89.5 Å². The van der Waals surface area contributed by atoms with Gasteiger partial charge in [0.2, 0.25) is 11.8 Å². The smallest absolute Gasteiger partial charge is 0.355 e. The Morgan fingerprint density at radius 2 is 0.930 bits per heavy atom. The normalized spacial score (nSPS) is 20.7. The number of amides is 2. The SMILES string of the molecule is CCCCCCCCCCCCCC(CC(=O)N[C@H]1[C@H](OC[C@H]2OC(=O)C(NC(=O)CC(O)CCCCCCCCCCC)=C[C@@H]2O)O[C@H](CO)[C@@H](O)[C@@H]1O)OC(=O)CCCCCCCCCCCCCCCCCCCCCCCCCC(C)O. The van der Waals surface area contributed by atoms with Crippen molar-refractivity contribution in [3.05, 3.63) is 11.8 Å². The molecule has 16 nitrogen and oxygen atoms in total. The van der Waals surface area contributed by atoms with E-state index in [9.17, 15) is 49.8 Å². The van der Waals surface area contributed by atoms with Gasteiger partial charge in [-0.05, 0) is 45.1 Å². The number of carbonyl (C=O) groups excluding carboxylic acids is 4. The van der Waals surface area contributed by atoms with Crippen molar-refractivity contribution in [2.75, 3.05) is 13.2 Å². The monoisotopic (exact) mass is 1220 g/mol. The quantitative estimate of drug-likeness (QED) is 0.0208. The molecule has 0 aliphatic carbocycles. The molecule has 0 radical (unpaired) electrons. The first kappa shape index (κ1) is 79.4. The van der Waals surface area contributed by atoms with Crippen LogP contribution in [0.2, 0.25) is 0 Å². The zero-order valence-corrected chi connectivity index (χ0v) is 54.9. The molecule has 1 fully saturated rings. The summed E-state index contributed by atoms with van der Waals surface area (Å²) in [6.07, 6.45) is 44.1. The van der Waals surface area contributed by atoms with Crippen LogP contribution in [-0.4, -0.2) is 129 Å². The van der Waals surface area contributed by atoms with Crippen molar-refractivity contribution < 1.29 is 68.8 Å². The summed E-state index contributed by atoms with van der Waals surface area (Å²) in [5.41, 5.74) is -0.283. The van der Waals surface area contributed by atoms with E-state index in [-0.39, 0.29) is 37.0 Å². The molecule has 0 bridgehead atoms. The highest BCUT2D eigenvalue weighted by Gasteiger charge is 2.46. The number of rotatable bonds is 59. The molecule has 0 aromatic heterocycles. The van der Waals surface area contributed by atoms with Crippen molar-refractivity contribution >= 4 is 23.8 Å². The molecule has 0 spiro atoms. The van der Waals surface area contributed by atoms with Gasteiger partial charge in [-0.1, -0.05) is 277 Å². The lowest BCUT2D eigenvalue weighted by molar-refractivity contribution is -0.276. The molecule has 86 heavy (non-hydrogen) atoms. The van der Waals surface area contributed by atoms with Crippen LogP contribution in [-0.2, 0) is 38.1 Å². The van der Waals surface area contributed by atoms with Gasteiger partial charge in [-0.25, -0.2) is 4.79 Å². The van der Waals surface area contributed by atoms with Gasteiger partial charge in [-0.15, -0.1) is 0 Å². The lowest BCUT2D eigenvalue weighted by Gasteiger charge is -2.42. The molecule has 0 aromatic carbocycles. The van der Waals surface area contributed by atoms with Gasteiger partial charge >= 0.3 is 11.9 Å². The number of hydrogen-bond donors (Lipinski definition) is 8. The maximum absolute atomic E-state index is 13.8. The molecule has 10 atom stereocenters. The third-order valence-electron chi connectivity index (χ3n) is 17.5. The molecule has 3 unspecified atom stereocenters. The highest BCUT2D eigenvalue weighted by molar-refractivity contribution is 5.94. The van der Waals surface area contributed by atoms with Gasteiger partial charge < -0.3 is 60.2 Å². The molecule has 2 heterocycles. The average Bonchev–Trinajstić information content (AvgIpc) is 2.42. The van der Waals surface area contributed by atoms with Crippen LogP contribution in [0.3, 0.4) is 0 Å². The van der Waals surface area contributed by atoms with E-state index in [4.69, 9.17) is 18.9 Å². The molecule has 16 heteroatoms. The fourth-order valence-corrected chi connectivity index (χ4v) is 12.0. The number of aliphatic hydroxyl groups excluding tert-OH is 6. The molecule has 1 saturated heterocycles. The first-order valence-corrected chi connectivity index (χ1v) is 35.8. The molecule has 2 aliphatic heterocycles. The number of hydrogen-bond acceptors (Lipinski definition) is 14. The van der Waals surface area contributed by atoms with E-state index in [1.165, 1.54) is 193 Å². The average molecular weight is 1220 g/mol. The second kappa shape index (κ2) is 54.1. The molecular formula is C70H130N2O14. The van der Waals surface area contributed by atoms with Crippen molar-refractivity contribution in [3.63, 3.8) is 0 Å². The minimum Gasteiger partial charge on any atom is -0.462 e. The Labute approximate surface area is 522 Å². The van der Waals surface area contributed by atoms with Crippen LogP contribution in [0.25, 0.3) is 0 Å². The zero-order valence-electron chi connectivity index (χ0n) is 54.9. The Kier molecular flexibility index (Phi) is 49.9. The number of unbranched alkanes of at least 4 members (excludes halogenated alkanes) is 40. The fraction of sp³-hybridized carbons (Fsp3) is 0.914. The van der Waals surface area contributed by atoms with Crippen LogP contribution in [0, 0.1) is 0 Å². The molecule has 0 aromatic rings. The summed E-state index contributed by atoms with van der Waals surface area (Å²) >= 11 is 0. The lowest BCUT2D eigenvalue weighted by Crippen LogP contribution is -2.65. The standard InChI is InChI=1S/C70H130N2O14/c1-4-6-8-10-12-14-28-33-37-41-45-49-58(84-65(79)50-46-42-38-34-30-27-25-23-21-19-17-15-16-18-20-22-24-26-29-32-35-39-43-47-56(3)74)52-64(78)72-66-68(81)67(80)61(54-73)86-70(66)83-55-62-60(76)53-59(69(82)85-62)71-63(77)51-57(75)48-44-40-36-31-13-11-9-7-5-2/h53,56-58,60-62,66-68,70,73-76,80-81H,4-52,54-55H2,1-3H3,(H,71,77)(H,72,78)/t56?,57?,58?,60-,61+,62+,66+,67+,68+,70+/m0/s1. The lowest BCUT2D eigenvalue weighted by atomic mass is 9.96. The number of carbonyl (C=O) groups is 4. The summed E-state index contributed by atoms with van der Waals surface area (Å²) in [5.74, 6) is -2.48. The second-order valence-corrected chi connectivity index (χ2v) is 25.8. The number of cyclic esters (lactones) is 1. The molecule has 2 aliphatic rings.